The lowest BCUT2D eigenvalue weighted by Gasteiger charge is -2.38. The minimum atomic E-state index is -0.321. The van der Waals surface area contributed by atoms with Gasteiger partial charge in [-0.2, -0.15) is 0 Å². The molecule has 0 N–H and O–H groups in total. The van der Waals surface area contributed by atoms with Crippen molar-refractivity contribution in [3.8, 4) is 11.5 Å². The first-order chi connectivity index (χ1) is 13.3. The minimum absolute atomic E-state index is 0.247. The van der Waals surface area contributed by atoms with Gasteiger partial charge in [-0.25, -0.2) is 0 Å². The van der Waals surface area contributed by atoms with Crippen LogP contribution in [-0.2, 0) is 22.6 Å². The number of hydrogen-bond acceptors (Lipinski definition) is 4. The molecule has 1 unspecified atom stereocenters. The second kappa shape index (κ2) is 8.26. The molecule has 0 amide bonds. The van der Waals surface area contributed by atoms with Crippen LogP contribution in [0, 0.1) is 20.8 Å². The van der Waals surface area contributed by atoms with Crippen molar-refractivity contribution >= 4 is 5.97 Å². The van der Waals surface area contributed by atoms with Gasteiger partial charge in [-0.05, 0) is 62.8 Å². The fourth-order valence-electron chi connectivity index (χ4n) is 3.81. The highest BCUT2D eigenvalue weighted by molar-refractivity contribution is 5.65. The van der Waals surface area contributed by atoms with Crippen LogP contribution < -0.4 is 9.47 Å². The molecular formula is C24H30O4. The van der Waals surface area contributed by atoms with Crippen LogP contribution in [0.25, 0.3) is 0 Å². The first-order valence-electron chi connectivity index (χ1n) is 9.92. The van der Waals surface area contributed by atoms with Gasteiger partial charge in [0.1, 0.15) is 23.7 Å². The molecule has 28 heavy (non-hydrogen) atoms. The summed E-state index contributed by atoms with van der Waals surface area (Å²) in [5.41, 5.74) is 5.48. The molecule has 4 heteroatoms. The van der Waals surface area contributed by atoms with Crippen LogP contribution >= 0.6 is 0 Å². The molecule has 0 saturated heterocycles. The Balaban J connectivity index is 1.81. The maximum absolute atomic E-state index is 11.1. The van der Waals surface area contributed by atoms with Crippen LogP contribution in [0.2, 0.25) is 0 Å². The normalized spacial score (nSPS) is 18.2. The third kappa shape index (κ3) is 4.32. The number of rotatable bonds is 6. The van der Waals surface area contributed by atoms with E-state index in [1.165, 1.54) is 12.5 Å². The molecule has 150 valence electrons. The summed E-state index contributed by atoms with van der Waals surface area (Å²) in [6.45, 7) is 10.8. The monoisotopic (exact) mass is 382 g/mol. The van der Waals surface area contributed by atoms with Gasteiger partial charge in [0.15, 0.2) is 0 Å². The molecule has 4 nitrogen and oxygen atoms in total. The number of carbonyl (C=O) groups excluding carboxylic acids is 1. The minimum Gasteiger partial charge on any atom is -0.488 e. The highest BCUT2D eigenvalue weighted by atomic mass is 16.5. The van der Waals surface area contributed by atoms with E-state index in [2.05, 4.69) is 39.8 Å². The highest BCUT2D eigenvalue weighted by Gasteiger charge is 2.34. The van der Waals surface area contributed by atoms with Crippen LogP contribution in [0.5, 0.6) is 11.5 Å². The van der Waals surface area contributed by atoms with E-state index in [4.69, 9.17) is 14.2 Å². The first-order valence-corrected chi connectivity index (χ1v) is 9.92. The zero-order valence-electron chi connectivity index (χ0n) is 17.6. The maximum atomic E-state index is 11.1. The maximum Gasteiger partial charge on any atom is 0.302 e. The molecule has 0 bridgehead atoms. The van der Waals surface area contributed by atoms with E-state index in [0.29, 0.717) is 19.6 Å². The van der Waals surface area contributed by atoms with Crippen molar-refractivity contribution in [2.24, 2.45) is 0 Å². The SMILES string of the molecule is CC(=O)OCCC1(C)CCc2c(C)c(OCc3ccccc3)c(C)c(C)c2O1. The molecule has 0 radical (unpaired) electrons. The Labute approximate surface area is 167 Å². The van der Waals surface area contributed by atoms with E-state index < -0.39 is 0 Å². The van der Waals surface area contributed by atoms with Crippen LogP contribution in [0.15, 0.2) is 30.3 Å². The number of hydrogen-bond donors (Lipinski definition) is 0. The Kier molecular flexibility index (Phi) is 5.97. The van der Waals surface area contributed by atoms with Gasteiger partial charge < -0.3 is 14.2 Å². The fourth-order valence-corrected chi connectivity index (χ4v) is 3.81. The van der Waals surface area contributed by atoms with Gasteiger partial charge in [-0.15, -0.1) is 0 Å². The Morgan fingerprint density at radius 1 is 1.11 bits per heavy atom. The standard InChI is InChI=1S/C24H30O4/c1-16-17(2)23-21(11-12-24(5,28-23)13-14-26-19(4)25)18(3)22(16)27-15-20-9-7-6-8-10-20/h6-10H,11-15H2,1-5H3. The largest absolute Gasteiger partial charge is 0.488 e. The highest BCUT2D eigenvalue weighted by Crippen LogP contribution is 2.44. The summed E-state index contributed by atoms with van der Waals surface area (Å²) >= 11 is 0. The third-order valence-corrected chi connectivity index (χ3v) is 5.73. The molecular weight excluding hydrogens is 352 g/mol. The summed E-state index contributed by atoms with van der Waals surface area (Å²) in [7, 11) is 0. The number of benzene rings is 2. The van der Waals surface area contributed by atoms with Gasteiger partial charge in [0, 0.05) is 18.9 Å². The van der Waals surface area contributed by atoms with Gasteiger partial charge >= 0.3 is 5.97 Å². The van der Waals surface area contributed by atoms with E-state index in [-0.39, 0.29) is 11.6 Å². The zero-order valence-corrected chi connectivity index (χ0v) is 17.6. The van der Waals surface area contributed by atoms with Gasteiger partial charge in [-0.3, -0.25) is 4.79 Å². The van der Waals surface area contributed by atoms with Crippen molar-refractivity contribution in [3.05, 3.63) is 58.1 Å². The van der Waals surface area contributed by atoms with Crippen LogP contribution in [0.3, 0.4) is 0 Å². The lowest BCUT2D eigenvalue weighted by atomic mass is 9.86. The van der Waals surface area contributed by atoms with Crippen LogP contribution in [0.4, 0.5) is 0 Å². The molecule has 0 saturated carbocycles. The summed E-state index contributed by atoms with van der Waals surface area (Å²) in [6.07, 6.45) is 2.51. The predicted octanol–water partition coefficient (Wildman–Crippen LogP) is 5.23. The van der Waals surface area contributed by atoms with Gasteiger partial charge in [0.25, 0.3) is 0 Å². The molecule has 1 heterocycles. The molecule has 1 aliphatic heterocycles. The molecule has 1 atom stereocenters. The number of ether oxygens (including phenoxy) is 3. The first kappa shape index (κ1) is 20.2. The Bertz CT molecular complexity index is 857. The van der Waals surface area contributed by atoms with Crippen molar-refractivity contribution in [3.63, 3.8) is 0 Å². The molecule has 2 aromatic carbocycles. The average Bonchev–Trinajstić information content (AvgIpc) is 2.66. The number of carbonyl (C=O) groups is 1. The second-order valence-electron chi connectivity index (χ2n) is 7.93. The van der Waals surface area contributed by atoms with Gasteiger partial charge in [0.05, 0.1) is 6.61 Å². The molecule has 0 fully saturated rings. The summed E-state index contributed by atoms with van der Waals surface area (Å²) < 4.78 is 17.8. The smallest absolute Gasteiger partial charge is 0.302 e. The fraction of sp³-hybridized carbons (Fsp3) is 0.458. The van der Waals surface area contributed by atoms with Crippen LogP contribution in [-0.4, -0.2) is 18.2 Å². The van der Waals surface area contributed by atoms with Crippen molar-refractivity contribution in [1.82, 2.24) is 0 Å². The van der Waals surface area contributed by atoms with E-state index in [9.17, 15) is 4.79 Å². The molecule has 0 aromatic heterocycles. The average molecular weight is 383 g/mol. The molecule has 2 aromatic rings. The van der Waals surface area contributed by atoms with Crippen molar-refractivity contribution < 1.29 is 19.0 Å². The third-order valence-electron chi connectivity index (χ3n) is 5.73. The summed E-state index contributed by atoms with van der Waals surface area (Å²) in [6, 6.07) is 10.2. The van der Waals surface area contributed by atoms with Crippen molar-refractivity contribution in [2.45, 2.75) is 66.1 Å². The molecule has 3 rings (SSSR count). The lowest BCUT2D eigenvalue weighted by molar-refractivity contribution is -0.142. The second-order valence-corrected chi connectivity index (χ2v) is 7.93. The topological polar surface area (TPSA) is 44.8 Å². The van der Waals surface area contributed by atoms with E-state index >= 15 is 0 Å². The van der Waals surface area contributed by atoms with E-state index in [0.717, 1.165) is 46.6 Å². The van der Waals surface area contributed by atoms with Crippen molar-refractivity contribution in [1.29, 1.82) is 0 Å². The summed E-state index contributed by atoms with van der Waals surface area (Å²) in [4.78, 5) is 11.1. The lowest BCUT2D eigenvalue weighted by Crippen LogP contribution is -2.38. The zero-order chi connectivity index (χ0) is 20.3. The molecule has 0 spiro atoms. The quantitative estimate of drug-likeness (QED) is 0.642. The Morgan fingerprint density at radius 3 is 2.50 bits per heavy atom. The number of esters is 1. The summed E-state index contributed by atoms with van der Waals surface area (Å²) in [5.74, 6) is 1.69. The van der Waals surface area contributed by atoms with Gasteiger partial charge in [-0.1, -0.05) is 30.3 Å². The van der Waals surface area contributed by atoms with E-state index in [1.807, 2.05) is 18.2 Å². The number of fused-ring (bicyclic) bond motifs is 1. The summed E-state index contributed by atoms with van der Waals surface area (Å²) in [5, 5.41) is 0. The Morgan fingerprint density at radius 2 is 1.82 bits per heavy atom. The van der Waals surface area contributed by atoms with Gasteiger partial charge in [0.2, 0.25) is 0 Å². The van der Waals surface area contributed by atoms with E-state index in [1.54, 1.807) is 0 Å². The van der Waals surface area contributed by atoms with Crippen molar-refractivity contribution in [2.75, 3.05) is 6.61 Å². The molecule has 0 aliphatic carbocycles. The Hall–Kier alpha value is -2.49. The predicted molar refractivity (Wildman–Crippen MR) is 110 cm³/mol. The van der Waals surface area contributed by atoms with Crippen LogP contribution in [0.1, 0.15) is 54.5 Å². The molecule has 1 aliphatic rings.